The quantitative estimate of drug-likeness (QED) is 0.664. The van der Waals surface area contributed by atoms with E-state index < -0.39 is 0 Å². The second-order valence-electron chi connectivity index (χ2n) is 6.67. The molecule has 0 N–H and O–H groups in total. The molecule has 2 heterocycles. The van der Waals surface area contributed by atoms with Gasteiger partial charge >= 0.3 is 0 Å². The third-order valence-electron chi connectivity index (χ3n) is 4.83. The average Bonchev–Trinajstić information content (AvgIpc) is 2.87. The molecule has 0 bridgehead atoms. The van der Waals surface area contributed by atoms with Crippen molar-refractivity contribution in [3.63, 3.8) is 0 Å². The third-order valence-corrected chi connectivity index (χ3v) is 4.83. The van der Waals surface area contributed by atoms with Gasteiger partial charge in [-0.2, -0.15) is 0 Å². The van der Waals surface area contributed by atoms with Crippen LogP contribution in [0.1, 0.15) is 22.4 Å². The molecule has 3 heteroatoms. The van der Waals surface area contributed by atoms with Gasteiger partial charge in [0.15, 0.2) is 0 Å². The van der Waals surface area contributed by atoms with Gasteiger partial charge in [0.2, 0.25) is 0 Å². The van der Waals surface area contributed by atoms with Gasteiger partial charge in [0, 0.05) is 36.8 Å². The summed E-state index contributed by atoms with van der Waals surface area (Å²) in [5.74, 6) is -0.168. The van der Waals surface area contributed by atoms with Crippen LogP contribution >= 0.6 is 0 Å². The van der Waals surface area contributed by atoms with Gasteiger partial charge in [0.05, 0.1) is 5.52 Å². The molecule has 0 fully saturated rings. The van der Waals surface area contributed by atoms with Crippen molar-refractivity contribution in [1.82, 2.24) is 9.47 Å². The first-order chi connectivity index (χ1) is 11.6. The lowest BCUT2D eigenvalue weighted by Crippen LogP contribution is -2.26. The molecule has 1 aliphatic heterocycles. The topological polar surface area (TPSA) is 8.17 Å². The van der Waals surface area contributed by atoms with Crippen molar-refractivity contribution in [2.45, 2.75) is 19.9 Å². The molecule has 3 aromatic rings. The molecule has 0 unspecified atom stereocenters. The number of likely N-dealkylation sites (N-methyl/N-ethyl adjacent to an activating group) is 1. The number of rotatable bonds is 2. The molecule has 0 amide bonds. The molecule has 0 aliphatic carbocycles. The first-order valence-corrected chi connectivity index (χ1v) is 8.36. The fourth-order valence-corrected chi connectivity index (χ4v) is 3.51. The SMILES string of the molecule is Cc1ccc(/C=C\n2c3c(c4cc(F)ccc42)CN(C)CC3)cc1. The molecule has 0 spiro atoms. The normalized spacial score (nSPS) is 15.3. The molecule has 0 atom stereocenters. The maximum atomic E-state index is 13.8. The van der Waals surface area contributed by atoms with Gasteiger partial charge in [-0.3, -0.25) is 0 Å². The molecule has 2 nitrogen and oxygen atoms in total. The smallest absolute Gasteiger partial charge is 0.123 e. The van der Waals surface area contributed by atoms with Gasteiger partial charge in [-0.25, -0.2) is 4.39 Å². The highest BCUT2D eigenvalue weighted by Crippen LogP contribution is 2.31. The fourth-order valence-electron chi connectivity index (χ4n) is 3.51. The first kappa shape index (κ1) is 15.2. The Morgan fingerprint density at radius 3 is 2.67 bits per heavy atom. The summed E-state index contributed by atoms with van der Waals surface area (Å²) in [5, 5.41) is 1.03. The number of nitrogens with zero attached hydrogens (tertiary/aromatic N) is 2. The van der Waals surface area contributed by atoms with E-state index in [-0.39, 0.29) is 5.82 Å². The predicted octanol–water partition coefficient (Wildman–Crippen LogP) is 4.70. The van der Waals surface area contributed by atoms with Crippen LogP contribution in [0.15, 0.2) is 42.5 Å². The van der Waals surface area contributed by atoms with Gasteiger partial charge in [-0.05, 0) is 49.4 Å². The highest BCUT2D eigenvalue weighted by Gasteiger charge is 2.21. The summed E-state index contributed by atoms with van der Waals surface area (Å²) in [6, 6.07) is 13.6. The van der Waals surface area contributed by atoms with Crippen molar-refractivity contribution in [2.24, 2.45) is 0 Å². The number of benzene rings is 2. The summed E-state index contributed by atoms with van der Waals surface area (Å²) < 4.78 is 16.0. The Hall–Kier alpha value is -2.39. The van der Waals surface area contributed by atoms with Crippen LogP contribution in [-0.4, -0.2) is 23.1 Å². The lowest BCUT2D eigenvalue weighted by molar-refractivity contribution is 0.312. The fraction of sp³-hybridized carbons (Fsp3) is 0.238. The molecule has 1 aromatic heterocycles. The Morgan fingerprint density at radius 1 is 1.08 bits per heavy atom. The number of aromatic nitrogens is 1. The van der Waals surface area contributed by atoms with Crippen molar-refractivity contribution < 1.29 is 4.39 Å². The maximum absolute atomic E-state index is 13.8. The van der Waals surface area contributed by atoms with Crippen LogP contribution in [0, 0.1) is 12.7 Å². The highest BCUT2D eigenvalue weighted by molar-refractivity contribution is 5.88. The molecule has 0 radical (unpaired) electrons. The Bertz CT molecular complexity index is 919. The zero-order valence-corrected chi connectivity index (χ0v) is 14.1. The van der Waals surface area contributed by atoms with Crippen molar-refractivity contribution >= 4 is 23.2 Å². The minimum atomic E-state index is -0.168. The number of hydrogen-bond donors (Lipinski definition) is 0. The second-order valence-corrected chi connectivity index (χ2v) is 6.67. The van der Waals surface area contributed by atoms with E-state index in [1.807, 2.05) is 6.07 Å². The Morgan fingerprint density at radius 2 is 1.88 bits per heavy atom. The van der Waals surface area contributed by atoms with Gasteiger partial charge in [0.25, 0.3) is 0 Å². The first-order valence-electron chi connectivity index (χ1n) is 8.36. The Kier molecular flexibility index (Phi) is 3.73. The van der Waals surface area contributed by atoms with E-state index in [1.165, 1.54) is 22.4 Å². The van der Waals surface area contributed by atoms with E-state index in [0.717, 1.165) is 30.4 Å². The van der Waals surface area contributed by atoms with E-state index >= 15 is 0 Å². The lowest BCUT2D eigenvalue weighted by Gasteiger charge is -2.23. The van der Waals surface area contributed by atoms with E-state index in [2.05, 4.69) is 60.0 Å². The third kappa shape index (κ3) is 2.65. The van der Waals surface area contributed by atoms with Crippen LogP contribution in [0.4, 0.5) is 4.39 Å². The van der Waals surface area contributed by atoms with Gasteiger partial charge in [-0.15, -0.1) is 0 Å². The van der Waals surface area contributed by atoms with Crippen LogP contribution < -0.4 is 0 Å². The summed E-state index contributed by atoms with van der Waals surface area (Å²) in [6.45, 7) is 4.00. The molecule has 0 saturated carbocycles. The summed E-state index contributed by atoms with van der Waals surface area (Å²) in [7, 11) is 2.12. The van der Waals surface area contributed by atoms with Gasteiger partial charge < -0.3 is 9.47 Å². The largest absolute Gasteiger partial charge is 0.320 e. The van der Waals surface area contributed by atoms with Crippen LogP contribution in [0.3, 0.4) is 0 Å². The number of halogens is 1. The van der Waals surface area contributed by atoms with Crippen molar-refractivity contribution in [3.8, 4) is 0 Å². The minimum absolute atomic E-state index is 0.168. The van der Waals surface area contributed by atoms with Crippen molar-refractivity contribution in [1.29, 1.82) is 0 Å². The van der Waals surface area contributed by atoms with Crippen LogP contribution in [0.2, 0.25) is 0 Å². The molecule has 4 rings (SSSR count). The van der Waals surface area contributed by atoms with E-state index in [9.17, 15) is 4.39 Å². The maximum Gasteiger partial charge on any atom is 0.123 e. The number of aryl methyl sites for hydroxylation is 1. The molecule has 24 heavy (non-hydrogen) atoms. The van der Waals surface area contributed by atoms with Gasteiger partial charge in [-0.1, -0.05) is 29.8 Å². The molecule has 2 aromatic carbocycles. The molecular formula is C21H21FN2. The van der Waals surface area contributed by atoms with Gasteiger partial charge in [0.1, 0.15) is 5.82 Å². The molecule has 0 saturated heterocycles. The second kappa shape index (κ2) is 5.91. The summed E-state index contributed by atoms with van der Waals surface area (Å²) in [4.78, 5) is 2.29. The Balaban J connectivity index is 1.84. The summed E-state index contributed by atoms with van der Waals surface area (Å²) in [5.41, 5.74) is 6.07. The molecular weight excluding hydrogens is 299 g/mol. The zero-order chi connectivity index (χ0) is 16.7. The summed E-state index contributed by atoms with van der Waals surface area (Å²) >= 11 is 0. The van der Waals surface area contributed by atoms with Crippen LogP contribution in [0.25, 0.3) is 23.2 Å². The van der Waals surface area contributed by atoms with Crippen LogP contribution in [-0.2, 0) is 13.0 Å². The van der Waals surface area contributed by atoms with E-state index in [4.69, 9.17) is 0 Å². The average molecular weight is 320 g/mol. The minimum Gasteiger partial charge on any atom is -0.320 e. The monoisotopic (exact) mass is 320 g/mol. The standard InChI is InChI=1S/C21H21FN2/c1-15-3-5-16(6-4-15)9-12-24-20-8-7-17(22)13-18(20)19-14-23(2)11-10-21(19)24/h3-9,12-13H,10-11,14H2,1-2H3/b12-9-. The highest BCUT2D eigenvalue weighted by atomic mass is 19.1. The number of hydrogen-bond acceptors (Lipinski definition) is 1. The molecule has 1 aliphatic rings. The lowest BCUT2D eigenvalue weighted by atomic mass is 10.1. The van der Waals surface area contributed by atoms with Crippen molar-refractivity contribution in [2.75, 3.05) is 13.6 Å². The number of fused-ring (bicyclic) bond motifs is 3. The zero-order valence-electron chi connectivity index (χ0n) is 14.1. The predicted molar refractivity (Wildman–Crippen MR) is 98.3 cm³/mol. The van der Waals surface area contributed by atoms with Crippen LogP contribution in [0.5, 0.6) is 0 Å². The Labute approximate surface area is 141 Å². The molecule has 122 valence electrons. The van der Waals surface area contributed by atoms with Crippen molar-refractivity contribution in [3.05, 3.63) is 70.7 Å². The van der Waals surface area contributed by atoms with E-state index in [1.54, 1.807) is 12.1 Å². The van der Waals surface area contributed by atoms with E-state index in [0.29, 0.717) is 0 Å². The summed E-state index contributed by atoms with van der Waals surface area (Å²) in [6.07, 6.45) is 5.23.